The van der Waals surface area contributed by atoms with Crippen molar-refractivity contribution in [1.29, 1.82) is 0 Å². The van der Waals surface area contributed by atoms with E-state index >= 15 is 0 Å². The molecule has 2 aliphatic rings. The van der Waals surface area contributed by atoms with Crippen LogP contribution in [0.4, 0.5) is 0 Å². The number of amides is 1. The van der Waals surface area contributed by atoms with Gasteiger partial charge in [0, 0.05) is 17.7 Å². The second kappa shape index (κ2) is 8.44. The Balaban J connectivity index is 1.47. The van der Waals surface area contributed by atoms with Crippen LogP contribution in [-0.4, -0.2) is 28.8 Å². The van der Waals surface area contributed by atoms with Crippen LogP contribution < -0.4 is 10.1 Å². The molecule has 2 aliphatic carbocycles. The Kier molecular flexibility index (Phi) is 5.90. The molecule has 2 aromatic rings. The van der Waals surface area contributed by atoms with Crippen molar-refractivity contribution in [1.82, 2.24) is 15.1 Å². The number of carbonyl (C=O) groups excluding carboxylic acids is 1. The van der Waals surface area contributed by atoms with Crippen LogP contribution in [0.25, 0.3) is 0 Å². The highest BCUT2D eigenvalue weighted by molar-refractivity contribution is 5.79. The van der Waals surface area contributed by atoms with Gasteiger partial charge in [-0.3, -0.25) is 9.48 Å². The first-order valence-corrected chi connectivity index (χ1v) is 11.4. The van der Waals surface area contributed by atoms with E-state index in [2.05, 4.69) is 36.4 Å². The van der Waals surface area contributed by atoms with Gasteiger partial charge < -0.3 is 10.1 Å². The molecule has 0 spiro atoms. The van der Waals surface area contributed by atoms with Gasteiger partial charge >= 0.3 is 0 Å². The fraction of sp³-hybridized carbons (Fsp3) is 0.600. The quantitative estimate of drug-likeness (QED) is 0.762. The predicted molar refractivity (Wildman–Crippen MR) is 119 cm³/mol. The second-order valence-electron chi connectivity index (χ2n) is 9.32. The Hall–Kier alpha value is -2.30. The standard InChI is InChI=1S/C25H35N3O2/c1-15(14-28-18(4)16(2)17(3)27-28)25(29)26-24-22-9-7-6-8-21(22)23(24)19-10-12-20(30-5)13-11-19/h10-13,15,21-24H,6-9,14H2,1-5H3,(H,26,29)/t15-,21-,22-,23+,24+/m1/s1. The lowest BCUT2D eigenvalue weighted by molar-refractivity contribution is -0.128. The Bertz CT molecular complexity index is 902. The summed E-state index contributed by atoms with van der Waals surface area (Å²) in [6.45, 7) is 8.84. The highest BCUT2D eigenvalue weighted by Crippen LogP contribution is 2.54. The van der Waals surface area contributed by atoms with Crippen molar-refractivity contribution < 1.29 is 9.53 Å². The lowest BCUT2D eigenvalue weighted by Gasteiger charge is -2.55. The third kappa shape index (κ3) is 3.75. The van der Waals surface area contributed by atoms with Crippen LogP contribution in [-0.2, 0) is 11.3 Å². The second-order valence-corrected chi connectivity index (χ2v) is 9.32. The smallest absolute Gasteiger partial charge is 0.224 e. The fourth-order valence-electron chi connectivity index (χ4n) is 5.56. The van der Waals surface area contributed by atoms with Crippen molar-refractivity contribution in [3.8, 4) is 5.75 Å². The Labute approximate surface area is 180 Å². The first kappa shape index (κ1) is 21.0. The number of nitrogens with one attached hydrogen (secondary N) is 1. The van der Waals surface area contributed by atoms with Crippen LogP contribution in [0.3, 0.4) is 0 Å². The zero-order chi connectivity index (χ0) is 21.4. The molecule has 2 saturated carbocycles. The van der Waals surface area contributed by atoms with E-state index in [9.17, 15) is 4.79 Å². The van der Waals surface area contributed by atoms with Crippen molar-refractivity contribution in [2.75, 3.05) is 7.11 Å². The van der Waals surface area contributed by atoms with Crippen LogP contribution in [0.1, 0.15) is 61.0 Å². The molecule has 0 aliphatic heterocycles. The minimum Gasteiger partial charge on any atom is -0.497 e. The molecule has 1 heterocycles. The van der Waals surface area contributed by atoms with E-state index < -0.39 is 0 Å². The van der Waals surface area contributed by atoms with Gasteiger partial charge in [0.15, 0.2) is 0 Å². The van der Waals surface area contributed by atoms with Crippen molar-refractivity contribution >= 4 is 5.91 Å². The summed E-state index contributed by atoms with van der Waals surface area (Å²) in [5, 5.41) is 8.06. The minimum atomic E-state index is -0.110. The zero-order valence-corrected chi connectivity index (χ0v) is 18.9. The predicted octanol–water partition coefficient (Wildman–Crippen LogP) is 4.54. The third-order valence-electron chi connectivity index (χ3n) is 7.63. The molecule has 1 aromatic carbocycles. The molecule has 0 unspecified atom stereocenters. The molecule has 30 heavy (non-hydrogen) atoms. The van der Waals surface area contributed by atoms with E-state index in [-0.39, 0.29) is 17.9 Å². The molecule has 1 N–H and O–H groups in total. The fourth-order valence-corrected chi connectivity index (χ4v) is 5.56. The molecule has 162 valence electrons. The molecular weight excluding hydrogens is 374 g/mol. The largest absolute Gasteiger partial charge is 0.497 e. The number of rotatable bonds is 6. The Morgan fingerprint density at radius 2 is 1.83 bits per heavy atom. The summed E-state index contributed by atoms with van der Waals surface area (Å²) in [5.74, 6) is 2.62. The molecule has 0 radical (unpaired) electrons. The summed E-state index contributed by atoms with van der Waals surface area (Å²) in [7, 11) is 1.70. The number of carbonyl (C=O) groups is 1. The number of methoxy groups -OCH3 is 1. The van der Waals surface area contributed by atoms with Crippen molar-refractivity contribution in [2.24, 2.45) is 17.8 Å². The van der Waals surface area contributed by atoms with Crippen LogP contribution in [0, 0.1) is 38.5 Å². The van der Waals surface area contributed by atoms with Gasteiger partial charge in [0.2, 0.25) is 5.91 Å². The summed E-state index contributed by atoms with van der Waals surface area (Å²) < 4.78 is 7.31. The van der Waals surface area contributed by atoms with Gasteiger partial charge in [-0.1, -0.05) is 31.9 Å². The Morgan fingerprint density at radius 1 is 1.17 bits per heavy atom. The van der Waals surface area contributed by atoms with Gasteiger partial charge in [-0.25, -0.2) is 0 Å². The van der Waals surface area contributed by atoms with Crippen LogP contribution >= 0.6 is 0 Å². The van der Waals surface area contributed by atoms with E-state index in [0.29, 0.717) is 24.3 Å². The number of aromatic nitrogens is 2. The van der Waals surface area contributed by atoms with Gasteiger partial charge in [0.05, 0.1) is 25.3 Å². The number of ether oxygens (including phenoxy) is 1. The maximum absolute atomic E-state index is 13.1. The molecule has 5 atom stereocenters. The molecule has 0 bridgehead atoms. The molecule has 5 nitrogen and oxygen atoms in total. The lowest BCUT2D eigenvalue weighted by atomic mass is 9.53. The molecule has 1 aromatic heterocycles. The topological polar surface area (TPSA) is 56.1 Å². The first-order chi connectivity index (χ1) is 14.4. The maximum atomic E-state index is 13.1. The van der Waals surface area contributed by atoms with E-state index in [1.807, 2.05) is 30.7 Å². The lowest BCUT2D eigenvalue weighted by Crippen LogP contribution is -2.60. The first-order valence-electron chi connectivity index (χ1n) is 11.4. The molecule has 1 amide bonds. The van der Waals surface area contributed by atoms with Gasteiger partial charge in [0.1, 0.15) is 5.75 Å². The summed E-state index contributed by atoms with van der Waals surface area (Å²) >= 11 is 0. The number of benzene rings is 1. The van der Waals surface area contributed by atoms with Gasteiger partial charge in [-0.05, 0) is 68.7 Å². The number of hydrogen-bond donors (Lipinski definition) is 1. The van der Waals surface area contributed by atoms with Crippen LogP contribution in [0.2, 0.25) is 0 Å². The Morgan fingerprint density at radius 3 is 2.43 bits per heavy atom. The van der Waals surface area contributed by atoms with E-state index in [1.54, 1.807) is 7.11 Å². The van der Waals surface area contributed by atoms with Crippen molar-refractivity contribution in [2.45, 2.75) is 71.9 Å². The summed E-state index contributed by atoms with van der Waals surface area (Å²) in [6, 6.07) is 8.67. The summed E-state index contributed by atoms with van der Waals surface area (Å²) in [5.41, 5.74) is 4.74. The molecule has 5 heteroatoms. The molecular formula is C25H35N3O2. The molecule has 0 saturated heterocycles. The summed E-state index contributed by atoms with van der Waals surface area (Å²) in [6.07, 6.45) is 5.09. The zero-order valence-electron chi connectivity index (χ0n) is 18.9. The monoisotopic (exact) mass is 409 g/mol. The molecule has 4 rings (SSSR count). The van der Waals surface area contributed by atoms with E-state index in [0.717, 1.165) is 17.1 Å². The average molecular weight is 410 g/mol. The summed E-state index contributed by atoms with van der Waals surface area (Å²) in [4.78, 5) is 13.1. The normalized spacial score (nSPS) is 26.4. The number of hydrogen-bond acceptors (Lipinski definition) is 3. The van der Waals surface area contributed by atoms with Crippen LogP contribution in [0.15, 0.2) is 24.3 Å². The average Bonchev–Trinajstić information content (AvgIpc) is 2.99. The van der Waals surface area contributed by atoms with E-state index in [4.69, 9.17) is 4.74 Å². The molecule has 2 fully saturated rings. The number of fused-ring (bicyclic) bond motifs is 1. The van der Waals surface area contributed by atoms with Gasteiger partial charge in [-0.2, -0.15) is 5.10 Å². The van der Waals surface area contributed by atoms with Crippen molar-refractivity contribution in [3.63, 3.8) is 0 Å². The minimum absolute atomic E-state index is 0.110. The highest BCUT2D eigenvalue weighted by atomic mass is 16.5. The number of aryl methyl sites for hydroxylation is 1. The van der Waals surface area contributed by atoms with Crippen molar-refractivity contribution in [3.05, 3.63) is 46.8 Å². The highest BCUT2D eigenvalue weighted by Gasteiger charge is 2.52. The maximum Gasteiger partial charge on any atom is 0.224 e. The third-order valence-corrected chi connectivity index (χ3v) is 7.63. The SMILES string of the molecule is COc1ccc([C@H]2[C@@H]3CCCC[C@H]3[C@@H]2NC(=O)[C@H](C)Cn2nc(C)c(C)c2C)cc1. The number of nitrogens with zero attached hydrogens (tertiary/aromatic N) is 2. The van der Waals surface area contributed by atoms with E-state index in [1.165, 1.54) is 36.8 Å². The van der Waals surface area contributed by atoms with Crippen LogP contribution in [0.5, 0.6) is 5.75 Å². The van der Waals surface area contributed by atoms with Gasteiger partial charge in [-0.15, -0.1) is 0 Å². The van der Waals surface area contributed by atoms with Gasteiger partial charge in [0.25, 0.3) is 0 Å².